The molecule has 0 fully saturated rings. The molecule has 0 spiro atoms. The highest BCUT2D eigenvalue weighted by Gasteiger charge is 2.07. The van der Waals surface area contributed by atoms with E-state index in [0.717, 1.165) is 23.0 Å². The minimum Gasteiger partial charge on any atom is -0.361 e. The fraction of sp³-hybridized carbons (Fsp3) is 0.118. The third-order valence-corrected chi connectivity index (χ3v) is 2.99. The van der Waals surface area contributed by atoms with Gasteiger partial charge in [-0.3, -0.25) is 0 Å². The van der Waals surface area contributed by atoms with Crippen LogP contribution in [0.3, 0.4) is 0 Å². The molecule has 0 saturated carbocycles. The zero-order chi connectivity index (χ0) is 16.8. The average molecular weight is 317 g/mol. The number of carbonyl (C=O) groups excluding carboxylic acids is 1. The zero-order valence-electron chi connectivity index (χ0n) is 12.8. The van der Waals surface area contributed by atoms with E-state index in [4.69, 9.17) is 0 Å². The molecule has 2 aromatic carbocycles. The van der Waals surface area contributed by atoms with E-state index in [9.17, 15) is 13.6 Å². The second kappa shape index (κ2) is 7.40. The Hall–Kier alpha value is -2.89. The van der Waals surface area contributed by atoms with Crippen molar-refractivity contribution in [2.24, 2.45) is 0 Å². The van der Waals surface area contributed by atoms with Gasteiger partial charge >= 0.3 is 6.03 Å². The molecule has 0 aliphatic heterocycles. The van der Waals surface area contributed by atoms with Crippen molar-refractivity contribution in [3.05, 3.63) is 60.3 Å². The van der Waals surface area contributed by atoms with Crippen LogP contribution in [0.5, 0.6) is 0 Å². The van der Waals surface area contributed by atoms with Crippen LogP contribution in [0.25, 0.3) is 10.9 Å². The molecule has 120 valence electrons. The molecule has 2 amide bonds. The summed E-state index contributed by atoms with van der Waals surface area (Å²) in [5.74, 6) is -1.97. The molecule has 6 heteroatoms. The summed E-state index contributed by atoms with van der Waals surface area (Å²) < 4.78 is 25.8. The van der Waals surface area contributed by atoms with Crippen LogP contribution in [0.1, 0.15) is 13.8 Å². The van der Waals surface area contributed by atoms with E-state index in [2.05, 4.69) is 15.6 Å². The quantitative estimate of drug-likeness (QED) is 0.604. The van der Waals surface area contributed by atoms with Crippen molar-refractivity contribution in [1.29, 1.82) is 0 Å². The van der Waals surface area contributed by atoms with Gasteiger partial charge in [-0.25, -0.2) is 13.6 Å². The van der Waals surface area contributed by atoms with Gasteiger partial charge in [-0.05, 0) is 36.4 Å². The second-order valence-electron chi connectivity index (χ2n) is 4.49. The normalized spacial score (nSPS) is 9.91. The van der Waals surface area contributed by atoms with Gasteiger partial charge in [-0.2, -0.15) is 0 Å². The molecule has 0 atom stereocenters. The minimum atomic E-state index is -1.01. The molecule has 3 rings (SSSR count). The highest BCUT2D eigenvalue weighted by molar-refractivity contribution is 6.00. The molecule has 4 nitrogen and oxygen atoms in total. The first-order chi connectivity index (χ1) is 11.1. The molecule has 23 heavy (non-hydrogen) atoms. The first-order valence-electron chi connectivity index (χ1n) is 7.22. The van der Waals surface area contributed by atoms with Crippen LogP contribution in [-0.4, -0.2) is 11.0 Å². The van der Waals surface area contributed by atoms with E-state index < -0.39 is 17.7 Å². The molecule has 1 aromatic heterocycles. The Morgan fingerprint density at radius 1 is 0.913 bits per heavy atom. The molecule has 0 bridgehead atoms. The van der Waals surface area contributed by atoms with E-state index in [0.29, 0.717) is 5.69 Å². The van der Waals surface area contributed by atoms with Gasteiger partial charge in [0.15, 0.2) is 11.6 Å². The fourth-order valence-corrected chi connectivity index (χ4v) is 2.00. The highest BCUT2D eigenvalue weighted by Crippen LogP contribution is 2.18. The Balaban J connectivity index is 0.000000924. The number of anilines is 2. The lowest BCUT2D eigenvalue weighted by atomic mass is 10.2. The fourth-order valence-electron chi connectivity index (χ4n) is 2.00. The number of urea groups is 1. The number of aromatic amines is 1. The van der Waals surface area contributed by atoms with Crippen molar-refractivity contribution in [2.75, 3.05) is 10.6 Å². The van der Waals surface area contributed by atoms with Crippen LogP contribution >= 0.6 is 0 Å². The lowest BCUT2D eigenvalue weighted by Crippen LogP contribution is -2.19. The molecule has 0 aliphatic rings. The molecule has 1 heterocycles. The number of rotatable bonds is 2. The minimum absolute atomic E-state index is 0.175. The Labute approximate surface area is 132 Å². The molecule has 0 aliphatic carbocycles. The number of fused-ring (bicyclic) bond motifs is 1. The number of carbonyl (C=O) groups is 1. The van der Waals surface area contributed by atoms with Crippen molar-refractivity contribution in [1.82, 2.24) is 4.98 Å². The monoisotopic (exact) mass is 317 g/mol. The van der Waals surface area contributed by atoms with Crippen LogP contribution in [0.2, 0.25) is 0 Å². The van der Waals surface area contributed by atoms with Gasteiger partial charge in [0, 0.05) is 34.5 Å². The van der Waals surface area contributed by atoms with Gasteiger partial charge in [0.05, 0.1) is 0 Å². The summed E-state index contributed by atoms with van der Waals surface area (Å²) >= 11 is 0. The van der Waals surface area contributed by atoms with Crippen LogP contribution in [0.4, 0.5) is 25.0 Å². The first kappa shape index (κ1) is 16.5. The first-order valence-corrected chi connectivity index (χ1v) is 7.22. The van der Waals surface area contributed by atoms with E-state index in [1.54, 1.807) is 18.3 Å². The predicted molar refractivity (Wildman–Crippen MR) is 88.6 cm³/mol. The third kappa shape index (κ3) is 4.06. The van der Waals surface area contributed by atoms with Crippen LogP contribution in [0, 0.1) is 11.6 Å². The summed E-state index contributed by atoms with van der Waals surface area (Å²) in [5, 5.41) is 6.02. The maximum absolute atomic E-state index is 13.0. The summed E-state index contributed by atoms with van der Waals surface area (Å²) in [6.07, 6.45) is 1.80. The van der Waals surface area contributed by atoms with Crippen molar-refractivity contribution in [3.63, 3.8) is 0 Å². The smallest absolute Gasteiger partial charge is 0.323 e. The number of H-pyrrole nitrogens is 1. The summed E-state index contributed by atoms with van der Waals surface area (Å²) in [4.78, 5) is 14.9. The SMILES string of the molecule is CC.O=C(Nc1ccc(F)c(F)c1)Nc1ccc2[nH]ccc2c1. The average Bonchev–Trinajstić information content (AvgIpc) is 3.00. The van der Waals surface area contributed by atoms with Crippen molar-refractivity contribution >= 4 is 28.3 Å². The topological polar surface area (TPSA) is 56.9 Å². The molecule has 0 radical (unpaired) electrons. The van der Waals surface area contributed by atoms with Crippen LogP contribution in [-0.2, 0) is 0 Å². The van der Waals surface area contributed by atoms with Gasteiger partial charge in [-0.1, -0.05) is 13.8 Å². The van der Waals surface area contributed by atoms with Crippen LogP contribution in [0.15, 0.2) is 48.7 Å². The Kier molecular flexibility index (Phi) is 5.30. The van der Waals surface area contributed by atoms with Crippen molar-refractivity contribution < 1.29 is 13.6 Å². The van der Waals surface area contributed by atoms with E-state index in [1.807, 2.05) is 26.0 Å². The van der Waals surface area contributed by atoms with Gasteiger partial charge in [0.2, 0.25) is 0 Å². The number of amides is 2. The Bertz CT molecular complexity index is 814. The molecule has 3 N–H and O–H groups in total. The number of halogens is 2. The second-order valence-corrected chi connectivity index (χ2v) is 4.49. The summed E-state index contributed by atoms with van der Waals surface area (Å²) in [6, 6.07) is 9.89. The van der Waals surface area contributed by atoms with E-state index >= 15 is 0 Å². The summed E-state index contributed by atoms with van der Waals surface area (Å²) in [5.41, 5.74) is 1.73. The lowest BCUT2D eigenvalue weighted by Gasteiger charge is -2.08. The highest BCUT2D eigenvalue weighted by atomic mass is 19.2. The number of hydrogen-bond donors (Lipinski definition) is 3. The molecule has 0 saturated heterocycles. The number of aromatic nitrogens is 1. The standard InChI is InChI=1S/C15H11F2N3O.C2H6/c16-12-3-1-11(8-13(12)17)20-15(21)19-10-2-4-14-9(7-10)5-6-18-14;1-2/h1-8,18H,(H2,19,20,21);1-2H3. The van der Waals surface area contributed by atoms with Gasteiger partial charge in [0.25, 0.3) is 0 Å². The van der Waals surface area contributed by atoms with E-state index in [1.165, 1.54) is 6.07 Å². The maximum Gasteiger partial charge on any atom is 0.323 e. The van der Waals surface area contributed by atoms with Crippen molar-refractivity contribution in [2.45, 2.75) is 13.8 Å². The molecular weight excluding hydrogens is 300 g/mol. The molecule has 0 unspecified atom stereocenters. The number of hydrogen-bond acceptors (Lipinski definition) is 1. The third-order valence-electron chi connectivity index (χ3n) is 2.99. The maximum atomic E-state index is 13.0. The Morgan fingerprint density at radius 3 is 2.26 bits per heavy atom. The van der Waals surface area contributed by atoms with Gasteiger partial charge in [0.1, 0.15) is 0 Å². The number of benzene rings is 2. The summed E-state index contributed by atoms with van der Waals surface area (Å²) in [7, 11) is 0. The number of nitrogens with one attached hydrogen (secondary N) is 3. The molecule has 3 aromatic rings. The van der Waals surface area contributed by atoms with Gasteiger partial charge < -0.3 is 15.6 Å². The summed E-state index contributed by atoms with van der Waals surface area (Å²) in [6.45, 7) is 4.00. The van der Waals surface area contributed by atoms with Gasteiger partial charge in [-0.15, -0.1) is 0 Å². The predicted octanol–water partition coefficient (Wildman–Crippen LogP) is 5.12. The van der Waals surface area contributed by atoms with Crippen molar-refractivity contribution in [3.8, 4) is 0 Å². The zero-order valence-corrected chi connectivity index (χ0v) is 12.8. The lowest BCUT2D eigenvalue weighted by molar-refractivity contribution is 0.262. The molecular formula is C17H17F2N3O. The largest absolute Gasteiger partial charge is 0.361 e. The Morgan fingerprint density at radius 2 is 1.57 bits per heavy atom. The van der Waals surface area contributed by atoms with E-state index in [-0.39, 0.29) is 5.69 Å². The van der Waals surface area contributed by atoms with Crippen LogP contribution < -0.4 is 10.6 Å².